The lowest BCUT2D eigenvalue weighted by molar-refractivity contribution is -0.143. The zero-order valence-corrected chi connectivity index (χ0v) is 15.3. The summed E-state index contributed by atoms with van der Waals surface area (Å²) in [4.78, 5) is 16.0. The van der Waals surface area contributed by atoms with Crippen LogP contribution in [0.3, 0.4) is 0 Å². The first kappa shape index (κ1) is 17.9. The van der Waals surface area contributed by atoms with Crippen molar-refractivity contribution in [1.29, 1.82) is 0 Å². The van der Waals surface area contributed by atoms with E-state index in [9.17, 15) is 4.79 Å². The molecule has 5 heteroatoms. The van der Waals surface area contributed by atoms with Crippen molar-refractivity contribution in [3.63, 3.8) is 0 Å². The summed E-state index contributed by atoms with van der Waals surface area (Å²) in [5, 5.41) is 4.56. The highest BCUT2D eigenvalue weighted by Crippen LogP contribution is 2.23. The van der Waals surface area contributed by atoms with Crippen LogP contribution in [0.15, 0.2) is 54.9 Å². The molecule has 0 aliphatic heterocycles. The average Bonchev–Trinajstić information content (AvgIpc) is 3.12. The van der Waals surface area contributed by atoms with Crippen molar-refractivity contribution in [2.24, 2.45) is 0 Å². The maximum Gasteiger partial charge on any atom is 0.306 e. The molecule has 0 aliphatic rings. The molecular weight excluding hydrogens is 326 g/mol. The van der Waals surface area contributed by atoms with Gasteiger partial charge in [0.05, 0.1) is 18.7 Å². The number of hydrogen-bond acceptors (Lipinski definition) is 4. The summed E-state index contributed by atoms with van der Waals surface area (Å²) in [5.41, 5.74) is 4.23. The van der Waals surface area contributed by atoms with Crippen LogP contribution in [-0.2, 0) is 9.53 Å². The number of aromatic nitrogens is 3. The van der Waals surface area contributed by atoms with Crippen molar-refractivity contribution in [3.8, 4) is 17.1 Å². The van der Waals surface area contributed by atoms with Gasteiger partial charge in [-0.15, -0.1) is 5.10 Å². The largest absolute Gasteiger partial charge is 0.466 e. The van der Waals surface area contributed by atoms with Crippen LogP contribution < -0.4 is 0 Å². The van der Waals surface area contributed by atoms with E-state index in [1.807, 2.05) is 50.2 Å². The van der Waals surface area contributed by atoms with Gasteiger partial charge in [0.25, 0.3) is 0 Å². The van der Waals surface area contributed by atoms with Gasteiger partial charge in [0.1, 0.15) is 6.33 Å². The summed E-state index contributed by atoms with van der Waals surface area (Å²) in [5.74, 6) is 0.624. The smallest absolute Gasteiger partial charge is 0.306 e. The number of esters is 1. The van der Waals surface area contributed by atoms with E-state index in [4.69, 9.17) is 4.74 Å². The molecule has 1 aromatic heterocycles. The molecule has 0 radical (unpaired) electrons. The predicted octanol–water partition coefficient (Wildman–Crippen LogP) is 4.30. The quantitative estimate of drug-likeness (QED) is 0.623. The second-order valence-electron chi connectivity index (χ2n) is 6.38. The molecule has 5 nitrogen and oxygen atoms in total. The topological polar surface area (TPSA) is 57.0 Å². The fourth-order valence-electron chi connectivity index (χ4n) is 2.77. The molecule has 1 atom stereocenters. The van der Waals surface area contributed by atoms with Crippen molar-refractivity contribution in [2.75, 3.05) is 6.61 Å². The second kappa shape index (κ2) is 7.95. The SMILES string of the molecule is CCOC(=O)CC(C)c1ccc(-c2ncn(-c3ccc(C)cc3)n2)cc1. The first-order chi connectivity index (χ1) is 12.6. The van der Waals surface area contributed by atoms with Gasteiger partial charge >= 0.3 is 5.97 Å². The third-order valence-electron chi connectivity index (χ3n) is 4.31. The number of aryl methyl sites for hydroxylation is 1. The van der Waals surface area contributed by atoms with Gasteiger partial charge in [0, 0.05) is 5.56 Å². The van der Waals surface area contributed by atoms with E-state index in [-0.39, 0.29) is 11.9 Å². The molecule has 2 aromatic carbocycles. The van der Waals surface area contributed by atoms with Gasteiger partial charge in [-0.3, -0.25) is 4.79 Å². The second-order valence-corrected chi connectivity index (χ2v) is 6.38. The summed E-state index contributed by atoms with van der Waals surface area (Å²) in [7, 11) is 0. The molecule has 0 saturated heterocycles. The van der Waals surface area contributed by atoms with Crippen molar-refractivity contribution >= 4 is 5.97 Å². The van der Waals surface area contributed by atoms with E-state index in [0.717, 1.165) is 16.8 Å². The highest BCUT2D eigenvalue weighted by atomic mass is 16.5. The van der Waals surface area contributed by atoms with E-state index in [1.54, 1.807) is 11.0 Å². The van der Waals surface area contributed by atoms with Crippen molar-refractivity contribution in [2.45, 2.75) is 33.1 Å². The molecular formula is C21H23N3O2. The standard InChI is InChI=1S/C21H23N3O2/c1-4-26-20(25)13-16(3)17-7-9-18(10-8-17)21-22-14-24(23-21)19-11-5-15(2)6-12-19/h5-12,14,16H,4,13H2,1-3H3. The highest BCUT2D eigenvalue weighted by molar-refractivity contribution is 5.70. The fraction of sp³-hybridized carbons (Fsp3) is 0.286. The van der Waals surface area contributed by atoms with E-state index in [1.165, 1.54) is 5.56 Å². The highest BCUT2D eigenvalue weighted by Gasteiger charge is 2.13. The van der Waals surface area contributed by atoms with Crippen LogP contribution in [0, 0.1) is 6.92 Å². The third-order valence-corrected chi connectivity index (χ3v) is 4.31. The molecule has 3 aromatic rings. The first-order valence-electron chi connectivity index (χ1n) is 8.81. The van der Waals surface area contributed by atoms with E-state index in [0.29, 0.717) is 18.9 Å². The molecule has 0 fully saturated rings. The van der Waals surface area contributed by atoms with Crippen LogP contribution >= 0.6 is 0 Å². The monoisotopic (exact) mass is 349 g/mol. The maximum absolute atomic E-state index is 11.6. The van der Waals surface area contributed by atoms with Gasteiger partial charge in [-0.2, -0.15) is 0 Å². The number of ether oxygens (including phenoxy) is 1. The fourth-order valence-corrected chi connectivity index (χ4v) is 2.77. The molecule has 0 bridgehead atoms. The number of carbonyl (C=O) groups is 1. The Kier molecular flexibility index (Phi) is 5.46. The molecule has 26 heavy (non-hydrogen) atoms. The minimum Gasteiger partial charge on any atom is -0.466 e. The predicted molar refractivity (Wildman–Crippen MR) is 101 cm³/mol. The van der Waals surface area contributed by atoms with Crippen molar-refractivity contribution in [1.82, 2.24) is 14.8 Å². The number of hydrogen-bond donors (Lipinski definition) is 0. The van der Waals surface area contributed by atoms with Crippen molar-refractivity contribution in [3.05, 3.63) is 66.0 Å². The lowest BCUT2D eigenvalue weighted by Gasteiger charge is -2.11. The number of nitrogens with zero attached hydrogens (tertiary/aromatic N) is 3. The summed E-state index contributed by atoms with van der Waals surface area (Å²) in [6.07, 6.45) is 2.10. The number of rotatable bonds is 6. The molecule has 0 N–H and O–H groups in total. The van der Waals surface area contributed by atoms with E-state index in [2.05, 4.69) is 29.1 Å². The van der Waals surface area contributed by atoms with Crippen LogP contribution in [0.25, 0.3) is 17.1 Å². The van der Waals surface area contributed by atoms with Gasteiger partial charge in [0.2, 0.25) is 0 Å². The van der Waals surface area contributed by atoms with Gasteiger partial charge in [-0.1, -0.05) is 48.9 Å². The average molecular weight is 349 g/mol. The molecule has 0 saturated carbocycles. The molecule has 0 amide bonds. The number of carbonyl (C=O) groups excluding carboxylic acids is 1. The summed E-state index contributed by atoms with van der Waals surface area (Å²) in [6, 6.07) is 16.2. The Hall–Kier alpha value is -2.95. The molecule has 0 aliphatic carbocycles. The Balaban J connectivity index is 1.73. The van der Waals surface area contributed by atoms with E-state index >= 15 is 0 Å². The lowest BCUT2D eigenvalue weighted by atomic mass is 9.97. The maximum atomic E-state index is 11.6. The minimum absolute atomic E-state index is 0.112. The summed E-state index contributed by atoms with van der Waals surface area (Å²) < 4.78 is 6.79. The normalized spacial score (nSPS) is 12.0. The molecule has 1 heterocycles. The zero-order chi connectivity index (χ0) is 18.5. The van der Waals surface area contributed by atoms with Gasteiger partial charge in [0.15, 0.2) is 5.82 Å². The van der Waals surface area contributed by atoms with Gasteiger partial charge < -0.3 is 4.74 Å². The van der Waals surface area contributed by atoms with Crippen molar-refractivity contribution < 1.29 is 9.53 Å². The van der Waals surface area contributed by atoms with Crippen LogP contribution in [0.2, 0.25) is 0 Å². The summed E-state index contributed by atoms with van der Waals surface area (Å²) >= 11 is 0. The van der Waals surface area contributed by atoms with Crippen LogP contribution in [0.5, 0.6) is 0 Å². The Morgan fingerprint density at radius 2 is 1.81 bits per heavy atom. The number of benzene rings is 2. The Morgan fingerprint density at radius 1 is 1.12 bits per heavy atom. The summed E-state index contributed by atoms with van der Waals surface area (Å²) in [6.45, 7) is 6.32. The Morgan fingerprint density at radius 3 is 2.46 bits per heavy atom. The van der Waals surface area contributed by atoms with Crippen LogP contribution in [0.4, 0.5) is 0 Å². The van der Waals surface area contributed by atoms with Gasteiger partial charge in [-0.05, 0) is 37.5 Å². The molecule has 134 valence electrons. The minimum atomic E-state index is -0.164. The van der Waals surface area contributed by atoms with Crippen LogP contribution in [0.1, 0.15) is 37.3 Å². The Bertz CT molecular complexity index is 867. The van der Waals surface area contributed by atoms with Crippen LogP contribution in [-0.4, -0.2) is 27.3 Å². The van der Waals surface area contributed by atoms with E-state index < -0.39 is 0 Å². The Labute approximate surface area is 153 Å². The first-order valence-corrected chi connectivity index (χ1v) is 8.81. The zero-order valence-electron chi connectivity index (χ0n) is 15.3. The molecule has 3 rings (SSSR count). The third kappa shape index (κ3) is 4.17. The van der Waals surface area contributed by atoms with Gasteiger partial charge in [-0.25, -0.2) is 9.67 Å². The molecule has 0 spiro atoms. The lowest BCUT2D eigenvalue weighted by Crippen LogP contribution is -2.08. The molecule has 1 unspecified atom stereocenters.